The summed E-state index contributed by atoms with van der Waals surface area (Å²) < 4.78 is 30.4. The average molecular weight is 424 g/mol. The van der Waals surface area contributed by atoms with Gasteiger partial charge in [0.2, 0.25) is 0 Å². The highest BCUT2D eigenvalue weighted by atomic mass is 32.1. The van der Waals surface area contributed by atoms with E-state index in [1.807, 2.05) is 6.07 Å². The van der Waals surface area contributed by atoms with E-state index >= 15 is 0 Å². The van der Waals surface area contributed by atoms with Crippen molar-refractivity contribution >= 4 is 29.0 Å². The van der Waals surface area contributed by atoms with Gasteiger partial charge in [0.05, 0.1) is 13.1 Å². The van der Waals surface area contributed by atoms with E-state index in [9.17, 15) is 8.78 Å². The largest absolute Gasteiger partial charge is 0.316 e. The van der Waals surface area contributed by atoms with Crippen LogP contribution in [0.25, 0.3) is 0 Å². The zero-order chi connectivity index (χ0) is 20.9. The third kappa shape index (κ3) is 5.06. The zero-order valence-corrected chi connectivity index (χ0v) is 16.6. The summed E-state index contributed by atoms with van der Waals surface area (Å²) in [6.45, 7) is 0.763. The molecule has 0 radical (unpaired) electrons. The maximum atomic E-state index is 13.8. The van der Waals surface area contributed by atoms with Crippen LogP contribution < -0.4 is 10.6 Å². The number of nitrogens with one attached hydrogen (secondary N) is 2. The van der Waals surface area contributed by atoms with Crippen LogP contribution in [0.4, 0.5) is 20.4 Å². The Labute approximate surface area is 177 Å². The number of nitrogens with zero attached hydrogens (tertiary/aromatic N) is 4. The van der Waals surface area contributed by atoms with Crippen molar-refractivity contribution in [3.63, 3.8) is 0 Å². The van der Waals surface area contributed by atoms with E-state index < -0.39 is 0 Å². The SMILES string of the molecule is Fc1cccc(Cn2ccc(NC(=S)Nc3ccn(Cc4ccccc4F)n3)n2)c1. The van der Waals surface area contributed by atoms with E-state index in [1.165, 1.54) is 18.2 Å². The van der Waals surface area contributed by atoms with Crippen molar-refractivity contribution < 1.29 is 8.78 Å². The van der Waals surface area contributed by atoms with E-state index in [2.05, 4.69) is 20.8 Å². The Hall–Kier alpha value is -3.59. The maximum Gasteiger partial charge on any atom is 0.177 e. The van der Waals surface area contributed by atoms with Crippen LogP contribution in [-0.2, 0) is 13.1 Å². The molecular formula is C21H18F2N6S. The van der Waals surface area contributed by atoms with Gasteiger partial charge in [-0.15, -0.1) is 0 Å². The molecule has 2 heterocycles. The molecule has 0 bridgehead atoms. The van der Waals surface area contributed by atoms with Crippen LogP contribution in [0.3, 0.4) is 0 Å². The molecule has 0 aliphatic rings. The van der Waals surface area contributed by atoms with Crippen molar-refractivity contribution in [2.24, 2.45) is 0 Å². The highest BCUT2D eigenvalue weighted by molar-refractivity contribution is 7.80. The van der Waals surface area contributed by atoms with Crippen LogP contribution in [0.5, 0.6) is 0 Å². The monoisotopic (exact) mass is 424 g/mol. The predicted molar refractivity (Wildman–Crippen MR) is 115 cm³/mol. The summed E-state index contributed by atoms with van der Waals surface area (Å²) in [5.74, 6) is 0.532. The first-order valence-electron chi connectivity index (χ1n) is 9.18. The molecule has 4 rings (SSSR count). The molecule has 2 aromatic carbocycles. The lowest BCUT2D eigenvalue weighted by molar-refractivity contribution is 0.586. The molecule has 0 aliphatic carbocycles. The van der Waals surface area contributed by atoms with Crippen molar-refractivity contribution in [1.82, 2.24) is 19.6 Å². The van der Waals surface area contributed by atoms with Crippen LogP contribution in [-0.4, -0.2) is 24.7 Å². The minimum Gasteiger partial charge on any atom is -0.316 e. The lowest BCUT2D eigenvalue weighted by Gasteiger charge is -2.07. The van der Waals surface area contributed by atoms with Gasteiger partial charge in [-0.25, -0.2) is 8.78 Å². The first-order valence-corrected chi connectivity index (χ1v) is 9.59. The van der Waals surface area contributed by atoms with E-state index in [4.69, 9.17) is 12.2 Å². The lowest BCUT2D eigenvalue weighted by atomic mass is 10.2. The van der Waals surface area contributed by atoms with Gasteiger partial charge in [0.15, 0.2) is 16.7 Å². The third-order valence-corrected chi connectivity index (χ3v) is 4.49. The van der Waals surface area contributed by atoms with Crippen molar-refractivity contribution in [3.05, 3.63) is 95.8 Å². The number of benzene rings is 2. The highest BCUT2D eigenvalue weighted by Crippen LogP contribution is 2.12. The third-order valence-electron chi connectivity index (χ3n) is 4.29. The molecule has 0 aliphatic heterocycles. The molecule has 2 aromatic heterocycles. The standard InChI is InChI=1S/C21H18F2N6S/c22-17-6-3-4-15(12-17)13-28-10-8-19(26-28)24-21(30)25-20-9-11-29(27-20)14-16-5-1-2-7-18(16)23/h1-12H,13-14H2,(H2,24,25,26,27,30). The summed E-state index contributed by atoms with van der Waals surface area (Å²) in [6, 6.07) is 16.5. The summed E-state index contributed by atoms with van der Waals surface area (Å²) in [7, 11) is 0. The van der Waals surface area contributed by atoms with Crippen molar-refractivity contribution in [2.75, 3.05) is 10.6 Å². The van der Waals surface area contributed by atoms with Gasteiger partial charge in [0.25, 0.3) is 0 Å². The van der Waals surface area contributed by atoms with Gasteiger partial charge < -0.3 is 10.6 Å². The Balaban J connectivity index is 1.32. The van der Waals surface area contributed by atoms with Crippen molar-refractivity contribution in [1.29, 1.82) is 0 Å². The fourth-order valence-corrected chi connectivity index (χ4v) is 3.13. The smallest absolute Gasteiger partial charge is 0.177 e. The van der Waals surface area contributed by atoms with E-state index in [0.717, 1.165) is 5.56 Å². The Bertz CT molecular complexity index is 1170. The predicted octanol–water partition coefficient (Wildman–Crippen LogP) is 4.26. The van der Waals surface area contributed by atoms with Crippen molar-refractivity contribution in [3.8, 4) is 0 Å². The minimum absolute atomic E-state index is 0.270. The number of aromatic nitrogens is 4. The van der Waals surface area contributed by atoms with E-state index in [1.54, 1.807) is 58.2 Å². The molecule has 0 saturated carbocycles. The summed E-state index contributed by atoms with van der Waals surface area (Å²) in [6.07, 6.45) is 3.52. The zero-order valence-electron chi connectivity index (χ0n) is 15.8. The molecule has 30 heavy (non-hydrogen) atoms. The Morgan fingerprint density at radius 3 is 2.17 bits per heavy atom. The van der Waals surface area contributed by atoms with Crippen LogP contribution in [0.15, 0.2) is 73.1 Å². The molecule has 6 nitrogen and oxygen atoms in total. The second kappa shape index (κ2) is 8.83. The summed E-state index contributed by atoms with van der Waals surface area (Å²) >= 11 is 5.30. The van der Waals surface area contributed by atoms with Gasteiger partial charge in [0, 0.05) is 30.1 Å². The number of thiocarbonyl (C=S) groups is 1. The summed E-state index contributed by atoms with van der Waals surface area (Å²) in [5, 5.41) is 15.0. The molecule has 4 aromatic rings. The minimum atomic E-state index is -0.280. The number of halogens is 2. The van der Waals surface area contributed by atoms with Crippen LogP contribution in [0.1, 0.15) is 11.1 Å². The van der Waals surface area contributed by atoms with Gasteiger partial charge in [-0.3, -0.25) is 9.36 Å². The normalized spacial score (nSPS) is 10.7. The average Bonchev–Trinajstić information content (AvgIpc) is 3.33. The second-order valence-corrected chi connectivity index (χ2v) is 7.01. The molecule has 0 spiro atoms. The van der Waals surface area contributed by atoms with Crippen LogP contribution in [0.2, 0.25) is 0 Å². The number of hydrogen-bond donors (Lipinski definition) is 2. The molecule has 0 atom stereocenters. The number of anilines is 2. The van der Waals surface area contributed by atoms with Gasteiger partial charge in [-0.1, -0.05) is 30.3 Å². The van der Waals surface area contributed by atoms with Gasteiger partial charge in [-0.2, -0.15) is 10.2 Å². The maximum absolute atomic E-state index is 13.8. The van der Waals surface area contributed by atoms with Crippen LogP contribution >= 0.6 is 12.2 Å². The molecule has 9 heteroatoms. The van der Waals surface area contributed by atoms with E-state index in [0.29, 0.717) is 35.4 Å². The highest BCUT2D eigenvalue weighted by Gasteiger charge is 2.07. The Morgan fingerprint density at radius 2 is 1.50 bits per heavy atom. The summed E-state index contributed by atoms with van der Waals surface area (Å²) in [4.78, 5) is 0. The van der Waals surface area contributed by atoms with Gasteiger partial charge in [-0.05, 0) is 36.0 Å². The fourth-order valence-electron chi connectivity index (χ4n) is 2.92. The molecule has 0 amide bonds. The lowest BCUT2D eigenvalue weighted by Crippen LogP contribution is -2.20. The molecular weight excluding hydrogens is 406 g/mol. The Kier molecular flexibility index (Phi) is 5.80. The number of rotatable bonds is 6. The Morgan fingerprint density at radius 1 is 0.833 bits per heavy atom. The first-order chi connectivity index (χ1) is 14.5. The molecule has 0 fully saturated rings. The molecule has 2 N–H and O–H groups in total. The quantitative estimate of drug-likeness (QED) is 0.453. The second-order valence-electron chi connectivity index (χ2n) is 6.60. The van der Waals surface area contributed by atoms with Crippen LogP contribution in [0, 0.1) is 11.6 Å². The van der Waals surface area contributed by atoms with Gasteiger partial charge in [0.1, 0.15) is 11.6 Å². The van der Waals surface area contributed by atoms with E-state index in [-0.39, 0.29) is 11.6 Å². The summed E-state index contributed by atoms with van der Waals surface area (Å²) in [5.41, 5.74) is 1.36. The topological polar surface area (TPSA) is 59.7 Å². The molecule has 152 valence electrons. The molecule has 0 saturated heterocycles. The van der Waals surface area contributed by atoms with Gasteiger partial charge >= 0.3 is 0 Å². The first kappa shape index (κ1) is 19.7. The number of hydrogen-bond acceptors (Lipinski definition) is 3. The molecule has 0 unspecified atom stereocenters. The van der Waals surface area contributed by atoms with Crippen molar-refractivity contribution in [2.45, 2.75) is 13.1 Å². The fraction of sp³-hybridized carbons (Fsp3) is 0.0952.